The summed E-state index contributed by atoms with van der Waals surface area (Å²) in [7, 11) is 0. The number of nitrogens with one attached hydrogen (secondary N) is 1. The Morgan fingerprint density at radius 1 is 1.11 bits per heavy atom. The van der Waals surface area contributed by atoms with Gasteiger partial charge in [-0.25, -0.2) is 0 Å². The highest BCUT2D eigenvalue weighted by Gasteiger charge is 2.22. The molecule has 0 spiro atoms. The van der Waals surface area contributed by atoms with Gasteiger partial charge in [0.1, 0.15) is 0 Å². The van der Waals surface area contributed by atoms with Crippen molar-refractivity contribution < 1.29 is 0 Å². The van der Waals surface area contributed by atoms with E-state index in [0.717, 1.165) is 5.92 Å². The van der Waals surface area contributed by atoms with E-state index in [1.807, 2.05) is 0 Å². The van der Waals surface area contributed by atoms with Crippen LogP contribution in [0.15, 0.2) is 24.3 Å². The zero-order chi connectivity index (χ0) is 13.7. The monoisotopic (exact) mass is 259 g/mol. The Bertz CT molecular complexity index is 362. The molecule has 1 N–H and O–H groups in total. The first-order chi connectivity index (χ1) is 9.20. The Kier molecular flexibility index (Phi) is 5.45. The fraction of sp³-hybridized carbons (Fsp3) is 0.667. The van der Waals surface area contributed by atoms with Gasteiger partial charge in [0.05, 0.1) is 0 Å². The summed E-state index contributed by atoms with van der Waals surface area (Å²) in [5.41, 5.74) is 2.79. The summed E-state index contributed by atoms with van der Waals surface area (Å²) in [4.78, 5) is 0. The lowest BCUT2D eigenvalue weighted by molar-refractivity contribution is 0.262. The standard InChI is InChI=1S/C18H29N/c1-4-18(17-12-10-14(2)11-13-17)19-15(3)16-8-6-5-7-9-16/h10-13,15-16,18-19H,4-9H2,1-3H3. The van der Waals surface area contributed by atoms with Crippen molar-refractivity contribution in [2.45, 2.75) is 71.4 Å². The Morgan fingerprint density at radius 2 is 1.74 bits per heavy atom. The lowest BCUT2D eigenvalue weighted by Gasteiger charge is -2.31. The smallest absolute Gasteiger partial charge is 0.0320 e. The molecule has 0 heterocycles. The Morgan fingerprint density at radius 3 is 2.32 bits per heavy atom. The summed E-state index contributed by atoms with van der Waals surface area (Å²) in [6, 6.07) is 10.2. The second-order valence-corrected chi connectivity index (χ2v) is 6.22. The molecule has 0 amide bonds. The molecule has 0 aliphatic heterocycles. The van der Waals surface area contributed by atoms with Crippen molar-refractivity contribution >= 4 is 0 Å². The largest absolute Gasteiger partial charge is 0.307 e. The van der Waals surface area contributed by atoms with E-state index in [4.69, 9.17) is 0 Å². The van der Waals surface area contributed by atoms with Gasteiger partial charge in [-0.05, 0) is 44.6 Å². The molecule has 1 aromatic rings. The average molecular weight is 259 g/mol. The molecule has 2 atom stereocenters. The predicted octanol–water partition coefficient (Wildman–Crippen LogP) is 5.00. The van der Waals surface area contributed by atoms with Crippen LogP contribution in [0.2, 0.25) is 0 Å². The molecule has 0 radical (unpaired) electrons. The number of hydrogen-bond donors (Lipinski definition) is 1. The lowest BCUT2D eigenvalue weighted by Crippen LogP contribution is -2.37. The summed E-state index contributed by atoms with van der Waals surface area (Å²) in [6.07, 6.45) is 8.30. The summed E-state index contributed by atoms with van der Waals surface area (Å²) in [5.74, 6) is 0.883. The Balaban J connectivity index is 1.96. The van der Waals surface area contributed by atoms with Crippen LogP contribution in [-0.2, 0) is 0 Å². The van der Waals surface area contributed by atoms with E-state index in [9.17, 15) is 0 Å². The van der Waals surface area contributed by atoms with E-state index in [1.54, 1.807) is 0 Å². The van der Waals surface area contributed by atoms with Gasteiger partial charge < -0.3 is 5.32 Å². The maximum atomic E-state index is 3.87. The van der Waals surface area contributed by atoms with Gasteiger partial charge >= 0.3 is 0 Å². The van der Waals surface area contributed by atoms with Gasteiger partial charge in [0.25, 0.3) is 0 Å². The Labute approximate surface area is 118 Å². The first-order valence-electron chi connectivity index (χ1n) is 8.03. The van der Waals surface area contributed by atoms with Gasteiger partial charge in [-0.3, -0.25) is 0 Å². The van der Waals surface area contributed by atoms with Crippen LogP contribution in [0.3, 0.4) is 0 Å². The van der Waals surface area contributed by atoms with Crippen LogP contribution in [0, 0.1) is 12.8 Å². The third-order valence-corrected chi connectivity index (χ3v) is 4.71. The lowest BCUT2D eigenvalue weighted by atomic mass is 9.84. The van der Waals surface area contributed by atoms with Gasteiger partial charge in [-0.1, -0.05) is 56.0 Å². The van der Waals surface area contributed by atoms with Crippen molar-refractivity contribution in [1.29, 1.82) is 0 Å². The third kappa shape index (κ3) is 4.07. The molecule has 0 bridgehead atoms. The zero-order valence-electron chi connectivity index (χ0n) is 12.8. The minimum Gasteiger partial charge on any atom is -0.307 e. The van der Waals surface area contributed by atoms with Crippen LogP contribution >= 0.6 is 0 Å². The summed E-state index contributed by atoms with van der Waals surface area (Å²) < 4.78 is 0. The van der Waals surface area contributed by atoms with E-state index in [2.05, 4.69) is 50.4 Å². The van der Waals surface area contributed by atoms with Gasteiger partial charge in [0.2, 0.25) is 0 Å². The number of rotatable bonds is 5. The van der Waals surface area contributed by atoms with Crippen LogP contribution in [0.5, 0.6) is 0 Å². The van der Waals surface area contributed by atoms with Crippen molar-refractivity contribution in [2.75, 3.05) is 0 Å². The molecule has 1 fully saturated rings. The molecule has 106 valence electrons. The van der Waals surface area contributed by atoms with Gasteiger partial charge in [-0.2, -0.15) is 0 Å². The predicted molar refractivity (Wildman–Crippen MR) is 83.4 cm³/mol. The van der Waals surface area contributed by atoms with Crippen LogP contribution in [0.25, 0.3) is 0 Å². The highest BCUT2D eigenvalue weighted by molar-refractivity contribution is 5.24. The van der Waals surface area contributed by atoms with Crippen molar-refractivity contribution in [2.24, 2.45) is 5.92 Å². The molecule has 1 saturated carbocycles. The van der Waals surface area contributed by atoms with E-state index in [1.165, 1.54) is 49.7 Å². The molecular weight excluding hydrogens is 230 g/mol. The molecule has 19 heavy (non-hydrogen) atoms. The van der Waals surface area contributed by atoms with Crippen LogP contribution in [-0.4, -0.2) is 6.04 Å². The molecule has 2 unspecified atom stereocenters. The molecule has 2 rings (SSSR count). The van der Waals surface area contributed by atoms with Gasteiger partial charge in [0, 0.05) is 12.1 Å². The summed E-state index contributed by atoms with van der Waals surface area (Å²) >= 11 is 0. The van der Waals surface area contributed by atoms with E-state index < -0.39 is 0 Å². The molecule has 1 aliphatic carbocycles. The average Bonchev–Trinajstić information content (AvgIpc) is 2.46. The van der Waals surface area contributed by atoms with Crippen LogP contribution < -0.4 is 5.32 Å². The molecule has 0 aromatic heterocycles. The molecule has 1 aromatic carbocycles. The van der Waals surface area contributed by atoms with Crippen molar-refractivity contribution in [3.8, 4) is 0 Å². The number of aryl methyl sites for hydroxylation is 1. The molecule has 1 aliphatic rings. The second-order valence-electron chi connectivity index (χ2n) is 6.22. The normalized spacial score (nSPS) is 20.2. The fourth-order valence-electron chi connectivity index (χ4n) is 3.34. The molecular formula is C18H29N. The molecule has 1 heteroatoms. The van der Waals surface area contributed by atoms with Crippen molar-refractivity contribution in [1.82, 2.24) is 5.32 Å². The molecule has 1 nitrogen and oxygen atoms in total. The highest BCUT2D eigenvalue weighted by Crippen LogP contribution is 2.28. The zero-order valence-corrected chi connectivity index (χ0v) is 12.8. The van der Waals surface area contributed by atoms with Gasteiger partial charge in [-0.15, -0.1) is 0 Å². The van der Waals surface area contributed by atoms with E-state index in [0.29, 0.717) is 12.1 Å². The Hall–Kier alpha value is -0.820. The van der Waals surface area contributed by atoms with Crippen LogP contribution in [0.4, 0.5) is 0 Å². The number of benzene rings is 1. The first kappa shape index (κ1) is 14.6. The minimum absolute atomic E-state index is 0.512. The van der Waals surface area contributed by atoms with Gasteiger partial charge in [0.15, 0.2) is 0 Å². The summed E-state index contributed by atoms with van der Waals surface area (Å²) in [5, 5.41) is 3.87. The maximum absolute atomic E-state index is 3.87. The number of hydrogen-bond acceptors (Lipinski definition) is 1. The van der Waals surface area contributed by atoms with Crippen molar-refractivity contribution in [3.63, 3.8) is 0 Å². The minimum atomic E-state index is 0.512. The maximum Gasteiger partial charge on any atom is 0.0320 e. The van der Waals surface area contributed by atoms with Crippen LogP contribution in [0.1, 0.15) is 69.5 Å². The highest BCUT2D eigenvalue weighted by atomic mass is 14.9. The quantitative estimate of drug-likeness (QED) is 0.784. The fourth-order valence-corrected chi connectivity index (χ4v) is 3.34. The third-order valence-electron chi connectivity index (χ3n) is 4.71. The summed E-state index contributed by atoms with van der Waals surface area (Å²) in [6.45, 7) is 6.82. The SMILES string of the molecule is CCC(NC(C)C1CCCCC1)c1ccc(C)cc1. The first-order valence-corrected chi connectivity index (χ1v) is 8.03. The second kappa shape index (κ2) is 7.09. The van der Waals surface area contributed by atoms with E-state index in [-0.39, 0.29) is 0 Å². The molecule has 0 saturated heterocycles. The van der Waals surface area contributed by atoms with Crippen molar-refractivity contribution in [3.05, 3.63) is 35.4 Å². The topological polar surface area (TPSA) is 12.0 Å². The van der Waals surface area contributed by atoms with E-state index >= 15 is 0 Å².